The number of rotatable bonds is 5. The minimum Gasteiger partial charge on any atom is -0.311 e. The van der Waals surface area contributed by atoms with Gasteiger partial charge in [0.05, 0.1) is 11.4 Å². The lowest BCUT2D eigenvalue weighted by molar-refractivity contribution is 0.332. The molecule has 0 amide bonds. The molecule has 0 bridgehead atoms. The first-order valence-electron chi connectivity index (χ1n) is 23.0. The summed E-state index contributed by atoms with van der Waals surface area (Å²) in [4.78, 5) is 7.74. The summed E-state index contributed by atoms with van der Waals surface area (Å²) in [5.41, 5.74) is 25.0. The monoisotopic (exact) mass is 812 g/mol. The van der Waals surface area contributed by atoms with Crippen molar-refractivity contribution in [3.8, 4) is 0 Å². The first-order valence-corrected chi connectivity index (χ1v) is 23.0. The van der Waals surface area contributed by atoms with E-state index in [2.05, 4.69) is 218 Å². The molecule has 0 N–H and O–H groups in total. The van der Waals surface area contributed by atoms with Gasteiger partial charge in [0.15, 0.2) is 0 Å². The maximum absolute atomic E-state index is 2.66. The molecular formula is C58H62BN3. The highest BCUT2D eigenvalue weighted by Crippen LogP contribution is 2.52. The molecule has 6 aromatic carbocycles. The molecule has 0 radical (unpaired) electrons. The summed E-state index contributed by atoms with van der Waals surface area (Å²) < 4.78 is 0. The van der Waals surface area contributed by atoms with Crippen LogP contribution in [0.1, 0.15) is 113 Å². The number of nitrogens with zero attached hydrogens (tertiary/aromatic N) is 3. The third kappa shape index (κ3) is 6.30. The minimum absolute atomic E-state index is 0.0343. The zero-order valence-electron chi connectivity index (χ0n) is 38.9. The molecule has 0 spiro atoms. The van der Waals surface area contributed by atoms with Crippen molar-refractivity contribution in [3.05, 3.63) is 172 Å². The van der Waals surface area contributed by atoms with E-state index in [-0.39, 0.29) is 23.0 Å². The fraction of sp³-hybridized carbons (Fsp3) is 0.310. The molecule has 10 rings (SSSR count). The lowest BCUT2D eigenvalue weighted by atomic mass is 9.33. The van der Waals surface area contributed by atoms with Gasteiger partial charge < -0.3 is 14.7 Å². The molecule has 4 aliphatic rings. The predicted octanol–water partition coefficient (Wildman–Crippen LogP) is 14.0. The highest BCUT2D eigenvalue weighted by molar-refractivity contribution is 7.00. The fourth-order valence-corrected chi connectivity index (χ4v) is 11.3. The lowest BCUT2D eigenvalue weighted by Crippen LogP contribution is -2.62. The quantitative estimate of drug-likeness (QED) is 0.160. The van der Waals surface area contributed by atoms with E-state index in [4.69, 9.17) is 0 Å². The van der Waals surface area contributed by atoms with Gasteiger partial charge in [-0.05, 0) is 173 Å². The summed E-state index contributed by atoms with van der Waals surface area (Å²) in [6.45, 7) is 26.1. The summed E-state index contributed by atoms with van der Waals surface area (Å²) in [7, 11) is 0. The lowest BCUT2D eigenvalue weighted by Gasteiger charge is -2.48. The second-order valence-corrected chi connectivity index (χ2v) is 21.0. The second kappa shape index (κ2) is 14.4. The van der Waals surface area contributed by atoms with Crippen LogP contribution in [-0.4, -0.2) is 6.71 Å². The molecule has 0 fully saturated rings. The average Bonchev–Trinajstić information content (AvgIpc) is 3.24. The van der Waals surface area contributed by atoms with Crippen LogP contribution in [0.4, 0.5) is 45.5 Å². The van der Waals surface area contributed by atoms with Gasteiger partial charge in [0.1, 0.15) is 0 Å². The van der Waals surface area contributed by atoms with E-state index in [9.17, 15) is 0 Å². The third-order valence-electron chi connectivity index (χ3n) is 14.7. The maximum atomic E-state index is 2.66. The van der Waals surface area contributed by atoms with Crippen LogP contribution in [0.2, 0.25) is 0 Å². The van der Waals surface area contributed by atoms with E-state index in [0.29, 0.717) is 0 Å². The van der Waals surface area contributed by atoms with Gasteiger partial charge in [-0.2, -0.15) is 0 Å². The highest BCUT2D eigenvalue weighted by Gasteiger charge is 2.47. The van der Waals surface area contributed by atoms with Crippen LogP contribution in [0.25, 0.3) is 0 Å². The fourth-order valence-electron chi connectivity index (χ4n) is 11.3. The van der Waals surface area contributed by atoms with Crippen LogP contribution < -0.4 is 31.1 Å². The van der Waals surface area contributed by atoms with Crippen molar-refractivity contribution in [3.63, 3.8) is 0 Å². The highest BCUT2D eigenvalue weighted by atomic mass is 15.2. The molecule has 0 saturated heterocycles. The Bertz CT molecular complexity index is 2810. The standard InChI is InChI=1S/C58H62BN3/c1-37-20-18-21-38(2)54(37)62-50-27-19-26-49-53(50)59(48-35-45-46(36-52(48)62)58(10,11)31-30-57(45,8)9)47-29-28-44(60(42-22-14-12-15-23-42)43-24-16-13-17-25-43)34-51(47)61(49)55-39(3)32-41(33-40(55)4)56(5,6)7/h12,14-16,18-29,32-36H,13,17,30-31H2,1-11H3. The van der Waals surface area contributed by atoms with E-state index < -0.39 is 0 Å². The van der Waals surface area contributed by atoms with Gasteiger partial charge in [-0.3, -0.25) is 0 Å². The number of fused-ring (bicyclic) bond motifs is 5. The van der Waals surface area contributed by atoms with Crippen molar-refractivity contribution >= 4 is 68.6 Å². The smallest absolute Gasteiger partial charge is 0.252 e. The summed E-state index contributed by atoms with van der Waals surface area (Å²) >= 11 is 0. The van der Waals surface area contributed by atoms with E-state index in [0.717, 1.165) is 12.8 Å². The molecule has 0 atom stereocenters. The molecule has 3 nitrogen and oxygen atoms in total. The van der Waals surface area contributed by atoms with Crippen LogP contribution in [0.5, 0.6) is 0 Å². The molecule has 0 unspecified atom stereocenters. The third-order valence-corrected chi connectivity index (χ3v) is 14.7. The largest absolute Gasteiger partial charge is 0.311 e. The number of hydrogen-bond donors (Lipinski definition) is 0. The van der Waals surface area contributed by atoms with Crippen molar-refractivity contribution in [1.29, 1.82) is 0 Å². The Morgan fingerprint density at radius 2 is 1.13 bits per heavy atom. The molecule has 4 heteroatoms. The van der Waals surface area contributed by atoms with Crippen LogP contribution in [-0.2, 0) is 16.2 Å². The molecule has 312 valence electrons. The van der Waals surface area contributed by atoms with Gasteiger partial charge in [-0.15, -0.1) is 0 Å². The van der Waals surface area contributed by atoms with E-state index in [1.165, 1.54) is 119 Å². The number of anilines is 8. The first-order chi connectivity index (χ1) is 29.5. The molecule has 0 aromatic heterocycles. The zero-order chi connectivity index (χ0) is 43.5. The van der Waals surface area contributed by atoms with Crippen molar-refractivity contribution in [2.45, 2.75) is 118 Å². The number of aryl methyl sites for hydroxylation is 4. The number of hydrogen-bond acceptors (Lipinski definition) is 3. The van der Waals surface area contributed by atoms with Crippen LogP contribution in [0.3, 0.4) is 0 Å². The second-order valence-electron chi connectivity index (χ2n) is 21.0. The molecule has 6 aromatic rings. The Hall–Kier alpha value is -5.74. The van der Waals surface area contributed by atoms with Gasteiger partial charge in [0, 0.05) is 39.8 Å². The Labute approximate surface area is 371 Å². The van der Waals surface area contributed by atoms with E-state index in [1.807, 2.05) is 0 Å². The van der Waals surface area contributed by atoms with E-state index >= 15 is 0 Å². The van der Waals surface area contributed by atoms with Gasteiger partial charge >= 0.3 is 0 Å². The average molecular weight is 812 g/mol. The summed E-state index contributed by atoms with van der Waals surface area (Å²) in [5, 5.41) is 0. The van der Waals surface area contributed by atoms with Crippen LogP contribution in [0.15, 0.2) is 133 Å². The van der Waals surface area contributed by atoms with Gasteiger partial charge in [-0.1, -0.05) is 127 Å². The molecule has 2 heterocycles. The van der Waals surface area contributed by atoms with Crippen molar-refractivity contribution in [1.82, 2.24) is 0 Å². The maximum Gasteiger partial charge on any atom is 0.252 e. The van der Waals surface area contributed by atoms with Crippen molar-refractivity contribution < 1.29 is 0 Å². The van der Waals surface area contributed by atoms with Crippen LogP contribution in [0, 0.1) is 27.7 Å². The van der Waals surface area contributed by atoms with E-state index in [1.54, 1.807) is 0 Å². The van der Waals surface area contributed by atoms with Gasteiger partial charge in [-0.25, -0.2) is 0 Å². The Kier molecular flexibility index (Phi) is 9.38. The molecular weight excluding hydrogens is 749 g/mol. The molecule has 2 aliphatic carbocycles. The summed E-state index contributed by atoms with van der Waals surface area (Å²) in [6.07, 6.45) is 11.5. The van der Waals surface area contributed by atoms with Crippen molar-refractivity contribution in [2.24, 2.45) is 0 Å². The zero-order valence-corrected chi connectivity index (χ0v) is 38.9. The normalized spacial score (nSPS) is 16.9. The molecule has 0 saturated carbocycles. The summed E-state index contributed by atoms with van der Waals surface area (Å²) in [5.74, 6) is 0. The van der Waals surface area contributed by atoms with Gasteiger partial charge in [0.25, 0.3) is 6.71 Å². The predicted molar refractivity (Wildman–Crippen MR) is 268 cm³/mol. The SMILES string of the molecule is Cc1cc(C(C)(C)C)cc(C)c1N1c2cc(N(C3=CCCC=C3)c3ccccc3)ccc2B2c3cc4c(cc3N(c3c(C)cccc3C)c3cccc1c32)C(C)(C)CCC4(C)C. The molecule has 2 aliphatic heterocycles. The topological polar surface area (TPSA) is 9.72 Å². The Balaban J connectivity index is 1.32. The number of allylic oxidation sites excluding steroid dienone is 3. The summed E-state index contributed by atoms with van der Waals surface area (Å²) in [6, 6.07) is 42.3. The molecule has 62 heavy (non-hydrogen) atoms. The first kappa shape index (κ1) is 40.3. The number of benzene rings is 6. The van der Waals surface area contributed by atoms with Crippen molar-refractivity contribution in [2.75, 3.05) is 14.7 Å². The Morgan fingerprint density at radius 1 is 0.548 bits per heavy atom. The Morgan fingerprint density at radius 3 is 1.73 bits per heavy atom. The number of para-hydroxylation sites is 2. The minimum atomic E-state index is 0.0343. The van der Waals surface area contributed by atoms with Crippen LogP contribution >= 0.6 is 0 Å². The van der Waals surface area contributed by atoms with Gasteiger partial charge in [0.2, 0.25) is 0 Å².